The van der Waals surface area contributed by atoms with Crippen LogP contribution in [0.15, 0.2) is 16.4 Å². The molecule has 136 valence electrons. The third-order valence-corrected chi connectivity index (χ3v) is 5.65. The molecule has 0 bridgehead atoms. The molecular formula is C21H35NOS. The number of unbranched alkanes of at least 4 members (excludes halogenated alkanes) is 9. The Hall–Kier alpha value is -0.830. The van der Waals surface area contributed by atoms with Crippen LogP contribution in [0.5, 0.6) is 0 Å². The highest BCUT2D eigenvalue weighted by atomic mass is 32.1. The van der Waals surface area contributed by atoms with Gasteiger partial charge in [0.05, 0.1) is 10.4 Å². The predicted molar refractivity (Wildman–Crippen MR) is 106 cm³/mol. The molecule has 2 nitrogen and oxygen atoms in total. The Balaban J connectivity index is 1.60. The van der Waals surface area contributed by atoms with E-state index < -0.39 is 0 Å². The summed E-state index contributed by atoms with van der Waals surface area (Å²) >= 11 is 1.77. The van der Waals surface area contributed by atoms with Crippen LogP contribution in [0.1, 0.15) is 95.4 Å². The second kappa shape index (κ2) is 10.2. The number of aryl methyl sites for hydroxylation is 1. The Labute approximate surface area is 152 Å². The number of hydrogen-bond acceptors (Lipinski definition) is 3. The average molecular weight is 350 g/mol. The largest absolute Gasteiger partial charge is 0.474 e. The normalized spacial score (nSPS) is 16.2. The molecule has 0 atom stereocenters. The van der Waals surface area contributed by atoms with E-state index in [4.69, 9.17) is 9.73 Å². The van der Waals surface area contributed by atoms with Gasteiger partial charge in [-0.3, -0.25) is 0 Å². The van der Waals surface area contributed by atoms with Gasteiger partial charge in [-0.25, -0.2) is 4.99 Å². The highest BCUT2D eigenvalue weighted by Gasteiger charge is 2.28. The van der Waals surface area contributed by atoms with Crippen LogP contribution in [-0.2, 0) is 11.2 Å². The van der Waals surface area contributed by atoms with Crippen molar-refractivity contribution in [2.24, 2.45) is 4.99 Å². The summed E-state index contributed by atoms with van der Waals surface area (Å²) in [6.07, 6.45) is 15.1. The molecule has 0 unspecified atom stereocenters. The van der Waals surface area contributed by atoms with Crippen molar-refractivity contribution in [1.29, 1.82) is 0 Å². The quantitative estimate of drug-likeness (QED) is 0.382. The second-order valence-corrected chi connectivity index (χ2v) is 8.64. The number of nitrogens with zero attached hydrogens (tertiary/aromatic N) is 1. The van der Waals surface area contributed by atoms with E-state index in [1.54, 1.807) is 11.3 Å². The molecular weight excluding hydrogens is 314 g/mol. The van der Waals surface area contributed by atoms with E-state index in [0.29, 0.717) is 6.61 Å². The van der Waals surface area contributed by atoms with E-state index in [2.05, 4.69) is 32.2 Å². The van der Waals surface area contributed by atoms with Gasteiger partial charge in [0.25, 0.3) is 0 Å². The van der Waals surface area contributed by atoms with Gasteiger partial charge in [0, 0.05) is 0 Å². The molecule has 0 radical (unpaired) electrons. The number of ether oxygens (including phenoxy) is 1. The Bertz CT molecular complexity index is 504. The first kappa shape index (κ1) is 19.5. The Kier molecular flexibility index (Phi) is 8.31. The fourth-order valence-corrected chi connectivity index (χ4v) is 4.12. The molecule has 0 spiro atoms. The maximum atomic E-state index is 5.81. The van der Waals surface area contributed by atoms with Crippen LogP contribution in [0.2, 0.25) is 0 Å². The lowest BCUT2D eigenvalue weighted by atomic mass is 10.0. The van der Waals surface area contributed by atoms with Gasteiger partial charge >= 0.3 is 0 Å². The van der Waals surface area contributed by atoms with Gasteiger partial charge in [-0.15, -0.1) is 11.3 Å². The summed E-state index contributed by atoms with van der Waals surface area (Å²) in [4.78, 5) is 5.99. The molecule has 3 heteroatoms. The summed E-state index contributed by atoms with van der Waals surface area (Å²) < 4.78 is 5.81. The maximum absolute atomic E-state index is 5.81. The van der Waals surface area contributed by atoms with E-state index in [-0.39, 0.29) is 5.54 Å². The molecule has 1 aliphatic heterocycles. The molecule has 2 rings (SSSR count). The van der Waals surface area contributed by atoms with Gasteiger partial charge < -0.3 is 4.74 Å². The molecule has 0 aromatic carbocycles. The summed E-state index contributed by atoms with van der Waals surface area (Å²) in [5, 5.41) is 2.18. The van der Waals surface area contributed by atoms with Crippen LogP contribution in [0, 0.1) is 0 Å². The van der Waals surface area contributed by atoms with Gasteiger partial charge in [0.15, 0.2) is 0 Å². The first-order chi connectivity index (χ1) is 11.6. The third kappa shape index (κ3) is 6.58. The molecule has 2 heterocycles. The van der Waals surface area contributed by atoms with Crippen LogP contribution in [0.3, 0.4) is 0 Å². The predicted octanol–water partition coefficient (Wildman–Crippen LogP) is 6.77. The van der Waals surface area contributed by atoms with Gasteiger partial charge in [-0.2, -0.15) is 0 Å². The molecule has 0 aliphatic carbocycles. The topological polar surface area (TPSA) is 21.6 Å². The standard InChI is InChI=1S/C21H35NOS/c1-4-5-6-7-8-9-10-11-12-13-14-18-15-16-24-19(18)20-22-21(2,3)17-23-20/h15-16H,4-14,17H2,1-3H3. The monoisotopic (exact) mass is 349 g/mol. The molecule has 0 saturated carbocycles. The molecule has 0 fully saturated rings. The minimum Gasteiger partial charge on any atom is -0.474 e. The van der Waals surface area contributed by atoms with Crippen LogP contribution >= 0.6 is 11.3 Å². The SMILES string of the molecule is CCCCCCCCCCCCc1ccsc1C1=NC(C)(C)CO1. The fourth-order valence-electron chi connectivity index (χ4n) is 3.22. The first-order valence-corrected chi connectivity index (χ1v) is 10.8. The van der Waals surface area contributed by atoms with Crippen molar-refractivity contribution in [3.05, 3.63) is 21.9 Å². The smallest absolute Gasteiger partial charge is 0.227 e. The Morgan fingerprint density at radius 1 is 1.00 bits per heavy atom. The molecule has 0 saturated heterocycles. The zero-order chi connectivity index (χ0) is 17.3. The van der Waals surface area contributed by atoms with E-state index in [1.165, 1.54) is 74.6 Å². The number of aliphatic imine (C=N–C) groups is 1. The van der Waals surface area contributed by atoms with Crippen molar-refractivity contribution in [2.75, 3.05) is 6.61 Å². The number of thiophene rings is 1. The van der Waals surface area contributed by atoms with Crippen molar-refractivity contribution in [3.8, 4) is 0 Å². The zero-order valence-corrected chi connectivity index (χ0v) is 16.7. The Morgan fingerprint density at radius 2 is 1.62 bits per heavy atom. The highest BCUT2D eigenvalue weighted by Crippen LogP contribution is 2.27. The maximum Gasteiger partial charge on any atom is 0.227 e. The molecule has 1 aliphatic rings. The highest BCUT2D eigenvalue weighted by molar-refractivity contribution is 7.12. The molecule has 0 amide bonds. The van der Waals surface area contributed by atoms with Crippen LogP contribution < -0.4 is 0 Å². The zero-order valence-electron chi connectivity index (χ0n) is 15.9. The minimum absolute atomic E-state index is 0.0618. The second-order valence-electron chi connectivity index (χ2n) is 7.73. The van der Waals surface area contributed by atoms with Crippen molar-refractivity contribution >= 4 is 17.2 Å². The van der Waals surface area contributed by atoms with E-state index in [0.717, 1.165) is 12.3 Å². The minimum atomic E-state index is -0.0618. The van der Waals surface area contributed by atoms with Gasteiger partial charge in [0.1, 0.15) is 6.61 Å². The van der Waals surface area contributed by atoms with E-state index >= 15 is 0 Å². The fraction of sp³-hybridized carbons (Fsp3) is 0.762. The lowest BCUT2D eigenvalue weighted by Gasteiger charge is -2.07. The van der Waals surface area contributed by atoms with Gasteiger partial charge in [-0.1, -0.05) is 64.7 Å². The Morgan fingerprint density at radius 3 is 2.21 bits per heavy atom. The van der Waals surface area contributed by atoms with Crippen LogP contribution in [0.25, 0.3) is 0 Å². The van der Waals surface area contributed by atoms with Crippen LogP contribution in [0.4, 0.5) is 0 Å². The molecule has 24 heavy (non-hydrogen) atoms. The summed E-state index contributed by atoms with van der Waals surface area (Å²) in [6.45, 7) is 7.26. The summed E-state index contributed by atoms with van der Waals surface area (Å²) in [6, 6.07) is 2.25. The first-order valence-electron chi connectivity index (χ1n) is 9.92. The van der Waals surface area contributed by atoms with Crippen molar-refractivity contribution in [3.63, 3.8) is 0 Å². The van der Waals surface area contributed by atoms with Crippen LogP contribution in [-0.4, -0.2) is 18.0 Å². The van der Waals surface area contributed by atoms with Crippen molar-refractivity contribution in [1.82, 2.24) is 0 Å². The van der Waals surface area contributed by atoms with E-state index in [9.17, 15) is 0 Å². The average Bonchev–Trinajstić information content (AvgIpc) is 3.15. The third-order valence-electron chi connectivity index (χ3n) is 4.71. The molecule has 1 aromatic rings. The summed E-state index contributed by atoms with van der Waals surface area (Å²) in [7, 11) is 0. The van der Waals surface area contributed by atoms with Crippen molar-refractivity contribution < 1.29 is 4.74 Å². The van der Waals surface area contributed by atoms with Crippen molar-refractivity contribution in [2.45, 2.75) is 96.9 Å². The van der Waals surface area contributed by atoms with Gasteiger partial charge in [0.2, 0.25) is 5.90 Å². The summed E-state index contributed by atoms with van der Waals surface area (Å²) in [5.74, 6) is 0.872. The lowest BCUT2D eigenvalue weighted by molar-refractivity contribution is 0.280. The number of rotatable bonds is 12. The number of hydrogen-bond donors (Lipinski definition) is 0. The van der Waals surface area contributed by atoms with E-state index in [1.807, 2.05) is 0 Å². The summed E-state index contributed by atoms with van der Waals surface area (Å²) in [5.41, 5.74) is 1.37. The lowest BCUT2D eigenvalue weighted by Crippen LogP contribution is -2.17. The van der Waals surface area contributed by atoms with Gasteiger partial charge in [-0.05, 0) is 43.7 Å². The molecule has 1 aromatic heterocycles. The molecule has 0 N–H and O–H groups in total.